The number of hydrogen-bond donors (Lipinski definition) is 2. The molecule has 0 fully saturated rings. The summed E-state index contributed by atoms with van der Waals surface area (Å²) in [4.78, 5) is 4.70. The van der Waals surface area contributed by atoms with Gasteiger partial charge in [-0.2, -0.15) is 0 Å². The van der Waals surface area contributed by atoms with Crippen molar-refractivity contribution in [3.8, 4) is 11.5 Å². The standard InChI is InChI=1S/C22H31N3O4/c1-4-23-22(24-8-6-9-27-15-19-7-5-10-28-19)25-14-18-13-21-17(11-16(2)29-21)12-20(18)26-3/h5,7,10,12-13,16H,4,6,8-9,11,14-15H2,1-3H3,(H2,23,24,25). The van der Waals surface area contributed by atoms with Gasteiger partial charge in [0.2, 0.25) is 0 Å². The minimum absolute atomic E-state index is 0.211. The van der Waals surface area contributed by atoms with Crippen molar-refractivity contribution in [2.45, 2.75) is 45.9 Å². The molecule has 0 bridgehead atoms. The fraction of sp³-hybridized carbons (Fsp3) is 0.500. The van der Waals surface area contributed by atoms with E-state index in [2.05, 4.69) is 30.5 Å². The topological polar surface area (TPSA) is 77.3 Å². The third-order valence-electron chi connectivity index (χ3n) is 4.63. The molecule has 0 aliphatic carbocycles. The first kappa shape index (κ1) is 21.0. The van der Waals surface area contributed by atoms with Crippen molar-refractivity contribution >= 4 is 5.96 Å². The van der Waals surface area contributed by atoms with Crippen molar-refractivity contribution in [1.82, 2.24) is 10.6 Å². The molecule has 1 aromatic heterocycles. The molecule has 3 rings (SSSR count). The fourth-order valence-corrected chi connectivity index (χ4v) is 3.25. The van der Waals surface area contributed by atoms with Crippen LogP contribution in [0.1, 0.15) is 37.2 Å². The van der Waals surface area contributed by atoms with Gasteiger partial charge in [-0.05, 0) is 44.5 Å². The van der Waals surface area contributed by atoms with E-state index in [9.17, 15) is 0 Å². The number of guanidine groups is 1. The highest BCUT2D eigenvalue weighted by atomic mass is 16.5. The maximum absolute atomic E-state index is 5.87. The van der Waals surface area contributed by atoms with Gasteiger partial charge in [-0.25, -0.2) is 4.99 Å². The predicted octanol–water partition coefficient (Wildman–Crippen LogP) is 3.27. The van der Waals surface area contributed by atoms with E-state index in [1.165, 1.54) is 5.56 Å². The molecule has 0 radical (unpaired) electrons. The lowest BCUT2D eigenvalue weighted by Gasteiger charge is -2.13. The summed E-state index contributed by atoms with van der Waals surface area (Å²) in [6, 6.07) is 7.89. The van der Waals surface area contributed by atoms with Gasteiger partial charge in [0.1, 0.15) is 30.0 Å². The molecule has 7 heteroatoms. The smallest absolute Gasteiger partial charge is 0.191 e. The minimum Gasteiger partial charge on any atom is -0.496 e. The van der Waals surface area contributed by atoms with Gasteiger partial charge in [0.05, 0.1) is 19.9 Å². The summed E-state index contributed by atoms with van der Waals surface area (Å²) in [5, 5.41) is 6.62. The van der Waals surface area contributed by atoms with E-state index in [0.717, 1.165) is 54.7 Å². The Labute approximate surface area is 172 Å². The van der Waals surface area contributed by atoms with Crippen LogP contribution in [0.4, 0.5) is 0 Å². The van der Waals surface area contributed by atoms with Crippen LogP contribution in [0.3, 0.4) is 0 Å². The van der Waals surface area contributed by atoms with Crippen LogP contribution in [0.15, 0.2) is 39.9 Å². The molecule has 1 aliphatic heterocycles. The van der Waals surface area contributed by atoms with E-state index in [1.807, 2.05) is 18.2 Å². The number of nitrogens with zero attached hydrogens (tertiary/aromatic N) is 1. The van der Waals surface area contributed by atoms with Crippen LogP contribution < -0.4 is 20.1 Å². The van der Waals surface area contributed by atoms with Crippen molar-refractivity contribution in [2.75, 3.05) is 26.8 Å². The van der Waals surface area contributed by atoms with E-state index < -0.39 is 0 Å². The number of methoxy groups -OCH3 is 1. The highest BCUT2D eigenvalue weighted by molar-refractivity contribution is 5.79. The van der Waals surface area contributed by atoms with Crippen LogP contribution >= 0.6 is 0 Å². The van der Waals surface area contributed by atoms with Gasteiger partial charge in [-0.3, -0.25) is 0 Å². The van der Waals surface area contributed by atoms with Gasteiger partial charge in [0.15, 0.2) is 5.96 Å². The zero-order chi connectivity index (χ0) is 20.5. The molecule has 7 nitrogen and oxygen atoms in total. The highest BCUT2D eigenvalue weighted by Gasteiger charge is 2.21. The zero-order valence-corrected chi connectivity index (χ0v) is 17.5. The Bertz CT molecular complexity index is 790. The number of ether oxygens (including phenoxy) is 3. The number of furan rings is 1. The molecule has 1 aromatic carbocycles. The molecule has 29 heavy (non-hydrogen) atoms. The SMILES string of the molecule is CCNC(=NCc1cc2c(cc1OC)CC(C)O2)NCCCOCc1ccco1. The number of fused-ring (bicyclic) bond motifs is 1. The lowest BCUT2D eigenvalue weighted by molar-refractivity contribution is 0.105. The number of hydrogen-bond acceptors (Lipinski definition) is 5. The van der Waals surface area contributed by atoms with Crippen molar-refractivity contribution in [3.05, 3.63) is 47.4 Å². The molecule has 2 N–H and O–H groups in total. The fourth-order valence-electron chi connectivity index (χ4n) is 3.25. The second kappa shape index (κ2) is 10.8. The van der Waals surface area contributed by atoms with Gasteiger partial charge < -0.3 is 29.3 Å². The normalized spacial score (nSPS) is 15.7. The van der Waals surface area contributed by atoms with Gasteiger partial charge in [-0.1, -0.05) is 0 Å². The van der Waals surface area contributed by atoms with E-state index >= 15 is 0 Å². The molecule has 1 unspecified atom stereocenters. The highest BCUT2D eigenvalue weighted by Crippen LogP contribution is 2.35. The number of aliphatic imine (C=N–C) groups is 1. The van der Waals surface area contributed by atoms with Crippen molar-refractivity contribution in [3.63, 3.8) is 0 Å². The van der Waals surface area contributed by atoms with E-state index in [0.29, 0.717) is 19.8 Å². The summed E-state index contributed by atoms with van der Waals surface area (Å²) in [6.45, 7) is 7.36. The van der Waals surface area contributed by atoms with E-state index in [1.54, 1.807) is 13.4 Å². The molecule has 0 spiro atoms. The van der Waals surface area contributed by atoms with Crippen LogP contribution in [0.25, 0.3) is 0 Å². The first-order valence-electron chi connectivity index (χ1n) is 10.2. The lowest BCUT2D eigenvalue weighted by atomic mass is 10.1. The predicted molar refractivity (Wildman–Crippen MR) is 113 cm³/mol. The van der Waals surface area contributed by atoms with E-state index in [4.69, 9.17) is 23.6 Å². The quantitative estimate of drug-likeness (QED) is 0.361. The first-order chi connectivity index (χ1) is 14.2. The maximum Gasteiger partial charge on any atom is 0.191 e. The van der Waals surface area contributed by atoms with Gasteiger partial charge in [0.25, 0.3) is 0 Å². The molecular weight excluding hydrogens is 370 g/mol. The lowest BCUT2D eigenvalue weighted by Crippen LogP contribution is -2.38. The van der Waals surface area contributed by atoms with Gasteiger partial charge in [-0.15, -0.1) is 0 Å². The van der Waals surface area contributed by atoms with Crippen molar-refractivity contribution < 1.29 is 18.6 Å². The largest absolute Gasteiger partial charge is 0.496 e. The first-order valence-corrected chi connectivity index (χ1v) is 10.2. The Morgan fingerprint density at radius 1 is 1.31 bits per heavy atom. The summed E-state index contributed by atoms with van der Waals surface area (Å²) in [6.07, 6.45) is 3.66. The Morgan fingerprint density at radius 2 is 2.21 bits per heavy atom. The van der Waals surface area contributed by atoms with Gasteiger partial charge >= 0.3 is 0 Å². The third-order valence-corrected chi connectivity index (χ3v) is 4.63. The zero-order valence-electron chi connectivity index (χ0n) is 17.5. The van der Waals surface area contributed by atoms with Crippen LogP contribution in [-0.2, 0) is 24.3 Å². The summed E-state index contributed by atoms with van der Waals surface area (Å²) in [7, 11) is 1.69. The molecule has 0 saturated heterocycles. The monoisotopic (exact) mass is 401 g/mol. The van der Waals surface area contributed by atoms with Crippen LogP contribution in [0, 0.1) is 0 Å². The van der Waals surface area contributed by atoms with Crippen LogP contribution in [-0.4, -0.2) is 38.9 Å². The summed E-state index contributed by atoms with van der Waals surface area (Å²) >= 11 is 0. The summed E-state index contributed by atoms with van der Waals surface area (Å²) < 4.78 is 22.3. The average molecular weight is 402 g/mol. The molecule has 0 amide bonds. The minimum atomic E-state index is 0.211. The molecule has 0 saturated carbocycles. The number of rotatable bonds is 10. The van der Waals surface area contributed by atoms with Crippen molar-refractivity contribution in [1.29, 1.82) is 0 Å². The molecular formula is C22H31N3O4. The Kier molecular flexibility index (Phi) is 7.81. The van der Waals surface area contributed by atoms with Crippen LogP contribution in [0.2, 0.25) is 0 Å². The Hall–Kier alpha value is -2.67. The molecule has 2 aromatic rings. The molecule has 2 heterocycles. The van der Waals surface area contributed by atoms with E-state index in [-0.39, 0.29) is 6.10 Å². The molecule has 1 aliphatic rings. The maximum atomic E-state index is 5.87. The van der Waals surface area contributed by atoms with Crippen molar-refractivity contribution in [2.24, 2.45) is 4.99 Å². The van der Waals surface area contributed by atoms with Crippen LogP contribution in [0.5, 0.6) is 11.5 Å². The summed E-state index contributed by atoms with van der Waals surface area (Å²) in [5.74, 6) is 3.41. The number of nitrogens with one attached hydrogen (secondary N) is 2. The number of benzene rings is 1. The second-order valence-electron chi connectivity index (χ2n) is 7.01. The third kappa shape index (κ3) is 6.15. The molecule has 158 valence electrons. The van der Waals surface area contributed by atoms with Gasteiger partial charge in [0, 0.05) is 37.2 Å². The second-order valence-corrected chi connectivity index (χ2v) is 7.01. The summed E-state index contributed by atoms with van der Waals surface area (Å²) in [5.41, 5.74) is 2.21. The Morgan fingerprint density at radius 3 is 2.97 bits per heavy atom. The molecule has 1 atom stereocenters. The average Bonchev–Trinajstić information content (AvgIpc) is 3.35. The Balaban J connectivity index is 1.49.